The Hall–Kier alpha value is -2.97. The SMILES string of the molecule is C[C@H](NC(=O)Cn1cc(S(=O)(=O)N2CCCC2)ccc1=O)c1ccc2ccccc2c1. The molecule has 0 radical (unpaired) electrons. The molecule has 162 valence electrons. The van der Waals surface area contributed by atoms with Crippen molar-refractivity contribution in [3.8, 4) is 0 Å². The van der Waals surface area contributed by atoms with Crippen LogP contribution in [0, 0.1) is 0 Å². The fourth-order valence-electron chi connectivity index (χ4n) is 3.87. The lowest BCUT2D eigenvalue weighted by Crippen LogP contribution is -2.34. The zero-order chi connectivity index (χ0) is 22.0. The van der Waals surface area contributed by atoms with Gasteiger partial charge in [-0.2, -0.15) is 4.31 Å². The number of pyridine rings is 1. The minimum Gasteiger partial charge on any atom is -0.348 e. The van der Waals surface area contributed by atoms with Crippen LogP contribution in [0.2, 0.25) is 0 Å². The summed E-state index contributed by atoms with van der Waals surface area (Å²) < 4.78 is 28.1. The molecule has 1 saturated heterocycles. The second-order valence-corrected chi connectivity index (χ2v) is 9.78. The van der Waals surface area contributed by atoms with E-state index in [2.05, 4.69) is 5.32 Å². The minimum absolute atomic E-state index is 0.0318. The lowest BCUT2D eigenvalue weighted by molar-refractivity contribution is -0.122. The molecule has 2 heterocycles. The van der Waals surface area contributed by atoms with Crippen LogP contribution >= 0.6 is 0 Å². The second kappa shape index (κ2) is 8.64. The predicted octanol–water partition coefficient (Wildman–Crippen LogP) is 2.66. The van der Waals surface area contributed by atoms with Crippen molar-refractivity contribution in [3.05, 3.63) is 76.7 Å². The van der Waals surface area contributed by atoms with Crippen LogP contribution in [0.4, 0.5) is 0 Å². The van der Waals surface area contributed by atoms with Gasteiger partial charge < -0.3 is 9.88 Å². The average molecular weight is 440 g/mol. The molecular formula is C23H25N3O4S. The molecule has 0 unspecified atom stereocenters. The summed E-state index contributed by atoms with van der Waals surface area (Å²) in [6, 6.07) is 16.2. The Labute approximate surface area is 181 Å². The Morgan fingerprint density at radius 1 is 1.03 bits per heavy atom. The zero-order valence-corrected chi connectivity index (χ0v) is 18.1. The van der Waals surface area contributed by atoms with Crippen molar-refractivity contribution in [3.63, 3.8) is 0 Å². The number of aromatic nitrogens is 1. The van der Waals surface area contributed by atoms with E-state index in [0.717, 1.165) is 33.7 Å². The number of fused-ring (bicyclic) bond motifs is 1. The van der Waals surface area contributed by atoms with Crippen LogP contribution in [0.1, 0.15) is 31.4 Å². The van der Waals surface area contributed by atoms with Gasteiger partial charge >= 0.3 is 0 Å². The predicted molar refractivity (Wildman–Crippen MR) is 119 cm³/mol. The van der Waals surface area contributed by atoms with E-state index in [1.807, 2.05) is 49.4 Å². The molecule has 1 aromatic heterocycles. The van der Waals surface area contributed by atoms with Gasteiger partial charge in [0.25, 0.3) is 5.56 Å². The van der Waals surface area contributed by atoms with Gasteiger partial charge in [-0.1, -0.05) is 36.4 Å². The van der Waals surface area contributed by atoms with Gasteiger partial charge in [-0.25, -0.2) is 8.42 Å². The molecule has 1 fully saturated rings. The van der Waals surface area contributed by atoms with Crippen molar-refractivity contribution in [2.24, 2.45) is 0 Å². The van der Waals surface area contributed by atoms with Crippen molar-refractivity contribution >= 4 is 26.7 Å². The number of sulfonamides is 1. The molecule has 0 spiro atoms. The smallest absolute Gasteiger partial charge is 0.251 e. The number of hydrogen-bond donors (Lipinski definition) is 1. The summed E-state index contributed by atoms with van der Waals surface area (Å²) in [5.41, 5.74) is 0.527. The summed E-state index contributed by atoms with van der Waals surface area (Å²) in [6.07, 6.45) is 2.91. The molecule has 7 nitrogen and oxygen atoms in total. The van der Waals surface area contributed by atoms with Gasteiger partial charge in [-0.3, -0.25) is 9.59 Å². The molecule has 0 bridgehead atoms. The molecule has 2 aromatic carbocycles. The van der Waals surface area contributed by atoms with Crippen LogP contribution < -0.4 is 10.9 Å². The van der Waals surface area contributed by atoms with E-state index in [9.17, 15) is 18.0 Å². The quantitative estimate of drug-likeness (QED) is 0.640. The first-order valence-corrected chi connectivity index (χ1v) is 11.8. The molecular weight excluding hydrogens is 414 g/mol. The summed E-state index contributed by atoms with van der Waals surface area (Å²) in [5.74, 6) is -0.363. The Kier molecular flexibility index (Phi) is 5.93. The maximum Gasteiger partial charge on any atom is 0.251 e. The Balaban J connectivity index is 1.49. The van der Waals surface area contributed by atoms with Gasteiger partial charge in [0.2, 0.25) is 15.9 Å². The third kappa shape index (κ3) is 4.55. The third-order valence-electron chi connectivity index (χ3n) is 5.62. The minimum atomic E-state index is -3.66. The van der Waals surface area contributed by atoms with Gasteiger partial charge in [-0.05, 0) is 48.2 Å². The summed E-state index contributed by atoms with van der Waals surface area (Å²) in [4.78, 5) is 24.9. The number of rotatable bonds is 6. The van der Waals surface area contributed by atoms with Gasteiger partial charge in [0.15, 0.2) is 0 Å². The number of benzene rings is 2. The highest BCUT2D eigenvalue weighted by Crippen LogP contribution is 2.21. The summed E-state index contributed by atoms with van der Waals surface area (Å²) in [7, 11) is -3.66. The van der Waals surface area contributed by atoms with Crippen LogP contribution in [0.15, 0.2) is 70.5 Å². The topological polar surface area (TPSA) is 88.5 Å². The van der Waals surface area contributed by atoms with E-state index in [0.29, 0.717) is 13.1 Å². The maximum absolute atomic E-state index is 12.8. The van der Waals surface area contributed by atoms with Crippen molar-refractivity contribution in [1.29, 1.82) is 0 Å². The van der Waals surface area contributed by atoms with Crippen molar-refractivity contribution in [2.45, 2.75) is 37.2 Å². The normalized spacial score (nSPS) is 15.8. The number of hydrogen-bond acceptors (Lipinski definition) is 4. The Morgan fingerprint density at radius 2 is 1.74 bits per heavy atom. The van der Waals surface area contributed by atoms with E-state index in [-0.39, 0.29) is 23.4 Å². The number of nitrogens with one attached hydrogen (secondary N) is 1. The third-order valence-corrected chi connectivity index (χ3v) is 7.51. The van der Waals surface area contributed by atoms with Crippen LogP contribution in [0.5, 0.6) is 0 Å². The highest BCUT2D eigenvalue weighted by Gasteiger charge is 2.27. The fraction of sp³-hybridized carbons (Fsp3) is 0.304. The molecule has 0 aliphatic carbocycles. The van der Waals surface area contributed by atoms with Crippen molar-refractivity contribution in [1.82, 2.24) is 14.2 Å². The van der Waals surface area contributed by atoms with Gasteiger partial charge in [-0.15, -0.1) is 0 Å². The fourth-order valence-corrected chi connectivity index (χ4v) is 5.40. The van der Waals surface area contributed by atoms with Crippen LogP contribution in [0.25, 0.3) is 10.8 Å². The molecule has 1 amide bonds. The molecule has 0 saturated carbocycles. The van der Waals surface area contributed by atoms with Crippen molar-refractivity contribution in [2.75, 3.05) is 13.1 Å². The zero-order valence-electron chi connectivity index (χ0n) is 17.3. The van der Waals surface area contributed by atoms with Gasteiger partial charge in [0.05, 0.1) is 10.9 Å². The number of carbonyl (C=O) groups is 1. The van der Waals surface area contributed by atoms with E-state index < -0.39 is 15.6 Å². The highest BCUT2D eigenvalue weighted by atomic mass is 32.2. The Bertz CT molecular complexity index is 1280. The van der Waals surface area contributed by atoms with E-state index in [1.54, 1.807) is 0 Å². The van der Waals surface area contributed by atoms with E-state index >= 15 is 0 Å². The average Bonchev–Trinajstić information content (AvgIpc) is 3.30. The molecule has 8 heteroatoms. The van der Waals surface area contributed by atoms with Crippen LogP contribution in [-0.2, 0) is 21.4 Å². The molecule has 4 rings (SSSR count). The Morgan fingerprint density at radius 3 is 2.48 bits per heavy atom. The number of carbonyl (C=O) groups excluding carboxylic acids is 1. The standard InChI is InChI=1S/C23H25N3O4S/c1-17(19-9-8-18-6-2-3-7-20(18)14-19)24-22(27)16-25-15-21(10-11-23(25)28)31(29,30)26-12-4-5-13-26/h2-3,6-11,14-15,17H,4-5,12-13,16H2,1H3,(H,24,27)/t17-/m0/s1. The first-order chi connectivity index (χ1) is 14.8. The van der Waals surface area contributed by atoms with Gasteiger partial charge in [0, 0.05) is 25.4 Å². The lowest BCUT2D eigenvalue weighted by atomic mass is 10.0. The summed E-state index contributed by atoms with van der Waals surface area (Å²) in [6.45, 7) is 2.58. The lowest BCUT2D eigenvalue weighted by Gasteiger charge is -2.17. The number of nitrogens with zero attached hydrogens (tertiary/aromatic N) is 2. The van der Waals surface area contributed by atoms with E-state index in [4.69, 9.17) is 0 Å². The largest absolute Gasteiger partial charge is 0.348 e. The number of amides is 1. The van der Waals surface area contributed by atoms with Crippen LogP contribution in [0.3, 0.4) is 0 Å². The molecule has 31 heavy (non-hydrogen) atoms. The maximum atomic E-state index is 12.8. The summed E-state index contributed by atoms with van der Waals surface area (Å²) >= 11 is 0. The monoisotopic (exact) mass is 439 g/mol. The van der Waals surface area contributed by atoms with Crippen molar-refractivity contribution < 1.29 is 13.2 Å². The highest BCUT2D eigenvalue weighted by molar-refractivity contribution is 7.89. The molecule has 1 aliphatic heterocycles. The van der Waals surface area contributed by atoms with Crippen LogP contribution in [-0.4, -0.2) is 36.3 Å². The molecule has 1 N–H and O–H groups in total. The van der Waals surface area contributed by atoms with Gasteiger partial charge in [0.1, 0.15) is 6.54 Å². The first-order valence-electron chi connectivity index (χ1n) is 10.3. The first kappa shape index (κ1) is 21.3. The molecule has 1 atom stereocenters. The molecule has 3 aromatic rings. The molecule has 1 aliphatic rings. The van der Waals surface area contributed by atoms with E-state index in [1.165, 1.54) is 22.6 Å². The summed E-state index contributed by atoms with van der Waals surface area (Å²) in [5, 5.41) is 5.09. The second-order valence-electron chi connectivity index (χ2n) is 7.84.